The summed E-state index contributed by atoms with van der Waals surface area (Å²) in [6.07, 6.45) is 6.89. The molecule has 1 fully saturated rings. The zero-order valence-electron chi connectivity index (χ0n) is 17.0. The van der Waals surface area contributed by atoms with Crippen molar-refractivity contribution in [3.05, 3.63) is 83.0 Å². The molecule has 1 aliphatic rings. The summed E-state index contributed by atoms with van der Waals surface area (Å²) < 4.78 is 3.14. The van der Waals surface area contributed by atoms with Crippen LogP contribution in [0, 0.1) is 5.92 Å². The van der Waals surface area contributed by atoms with E-state index < -0.39 is 0 Å². The molecule has 1 aliphatic heterocycles. The maximum atomic E-state index is 13.0. The standard InChI is InChI=1S/C23H22N6O2/c30-22-7-6-21(28-12-2-11-25-28)26-29(22)16-17-8-13-27(14-9-17)23(31)19-4-5-20-18(15-19)3-1-10-24-20/h1-7,10-12,15,17H,8-9,13-14,16H2. The van der Waals surface area contributed by atoms with Crippen molar-refractivity contribution in [1.82, 2.24) is 29.4 Å². The van der Waals surface area contributed by atoms with Crippen molar-refractivity contribution >= 4 is 16.8 Å². The fraction of sp³-hybridized carbons (Fsp3) is 0.261. The van der Waals surface area contributed by atoms with Crippen LogP contribution >= 0.6 is 0 Å². The first-order valence-electron chi connectivity index (χ1n) is 10.4. The minimum atomic E-state index is -0.126. The van der Waals surface area contributed by atoms with Crippen LogP contribution in [0.25, 0.3) is 16.7 Å². The summed E-state index contributed by atoms with van der Waals surface area (Å²) in [4.78, 5) is 31.4. The van der Waals surface area contributed by atoms with Crippen molar-refractivity contribution in [3.63, 3.8) is 0 Å². The number of amides is 1. The Morgan fingerprint density at radius 1 is 1.03 bits per heavy atom. The van der Waals surface area contributed by atoms with E-state index in [0.717, 1.165) is 23.7 Å². The highest BCUT2D eigenvalue weighted by molar-refractivity contribution is 5.97. The summed E-state index contributed by atoms with van der Waals surface area (Å²) in [7, 11) is 0. The molecule has 4 heterocycles. The molecule has 0 saturated carbocycles. The zero-order chi connectivity index (χ0) is 21.2. The predicted octanol–water partition coefficient (Wildman–Crippen LogP) is 2.53. The van der Waals surface area contributed by atoms with Crippen molar-refractivity contribution in [2.75, 3.05) is 13.1 Å². The van der Waals surface area contributed by atoms with Crippen LogP contribution in [0.5, 0.6) is 0 Å². The topological polar surface area (TPSA) is 85.9 Å². The first-order chi connectivity index (χ1) is 15.2. The number of rotatable bonds is 4. The van der Waals surface area contributed by atoms with Crippen LogP contribution in [-0.2, 0) is 6.54 Å². The Balaban J connectivity index is 1.25. The van der Waals surface area contributed by atoms with Crippen LogP contribution in [0.4, 0.5) is 0 Å². The molecule has 0 N–H and O–H groups in total. The summed E-state index contributed by atoms with van der Waals surface area (Å²) in [6.45, 7) is 1.88. The molecule has 31 heavy (non-hydrogen) atoms. The molecule has 0 spiro atoms. The Labute approximate surface area is 178 Å². The molecule has 1 aromatic carbocycles. The van der Waals surface area contributed by atoms with Crippen LogP contribution in [0.2, 0.25) is 0 Å². The van der Waals surface area contributed by atoms with Gasteiger partial charge in [-0.05, 0) is 55.2 Å². The number of benzene rings is 1. The molecule has 156 valence electrons. The number of likely N-dealkylation sites (tertiary alicyclic amines) is 1. The molecule has 0 unspecified atom stereocenters. The van der Waals surface area contributed by atoms with Gasteiger partial charge in [-0.25, -0.2) is 9.36 Å². The van der Waals surface area contributed by atoms with Gasteiger partial charge in [0.25, 0.3) is 11.5 Å². The number of carbonyl (C=O) groups excluding carboxylic acids is 1. The summed E-state index contributed by atoms with van der Waals surface area (Å²) >= 11 is 0. The third-order valence-electron chi connectivity index (χ3n) is 5.77. The lowest BCUT2D eigenvalue weighted by Crippen LogP contribution is -2.40. The van der Waals surface area contributed by atoms with Crippen molar-refractivity contribution < 1.29 is 4.79 Å². The van der Waals surface area contributed by atoms with Crippen LogP contribution in [0.3, 0.4) is 0 Å². The van der Waals surface area contributed by atoms with Crippen molar-refractivity contribution in [1.29, 1.82) is 0 Å². The smallest absolute Gasteiger partial charge is 0.266 e. The highest BCUT2D eigenvalue weighted by Gasteiger charge is 2.24. The average molecular weight is 414 g/mol. The van der Waals surface area contributed by atoms with E-state index in [9.17, 15) is 9.59 Å². The maximum Gasteiger partial charge on any atom is 0.266 e. The van der Waals surface area contributed by atoms with Crippen LogP contribution < -0.4 is 5.56 Å². The molecule has 0 atom stereocenters. The molecular formula is C23H22N6O2. The largest absolute Gasteiger partial charge is 0.339 e. The van der Waals surface area contributed by atoms with Crippen LogP contribution in [-0.4, -0.2) is 48.4 Å². The summed E-state index contributed by atoms with van der Waals surface area (Å²) in [6, 6.07) is 14.5. The number of pyridine rings is 1. The van der Waals surface area contributed by atoms with E-state index in [1.165, 1.54) is 10.7 Å². The Hall–Kier alpha value is -3.81. The van der Waals surface area contributed by atoms with Gasteiger partial charge >= 0.3 is 0 Å². The molecule has 1 saturated heterocycles. The summed E-state index contributed by atoms with van der Waals surface area (Å²) in [5, 5.41) is 9.59. The molecule has 0 bridgehead atoms. The quantitative estimate of drug-likeness (QED) is 0.512. The minimum absolute atomic E-state index is 0.0418. The maximum absolute atomic E-state index is 13.0. The number of hydrogen-bond donors (Lipinski definition) is 0. The Kier molecular flexibility index (Phi) is 5.03. The molecule has 5 rings (SSSR count). The third-order valence-corrected chi connectivity index (χ3v) is 5.77. The van der Waals surface area contributed by atoms with E-state index >= 15 is 0 Å². The SMILES string of the molecule is O=C(c1ccc2ncccc2c1)N1CCC(Cn2nc(-n3cccn3)ccc2=O)CC1. The molecule has 8 nitrogen and oxygen atoms in total. The predicted molar refractivity (Wildman–Crippen MR) is 116 cm³/mol. The second-order valence-corrected chi connectivity index (χ2v) is 7.81. The Bertz CT molecular complexity index is 1270. The third kappa shape index (κ3) is 3.96. The highest BCUT2D eigenvalue weighted by atomic mass is 16.2. The fourth-order valence-electron chi connectivity index (χ4n) is 4.05. The van der Waals surface area contributed by atoms with Gasteiger partial charge in [-0.15, -0.1) is 5.10 Å². The van der Waals surface area contributed by atoms with E-state index in [-0.39, 0.29) is 11.5 Å². The molecule has 3 aromatic heterocycles. The molecule has 8 heteroatoms. The van der Waals surface area contributed by atoms with Gasteiger partial charge < -0.3 is 4.90 Å². The molecule has 0 radical (unpaired) electrons. The Morgan fingerprint density at radius 2 is 1.90 bits per heavy atom. The van der Waals surface area contributed by atoms with Crippen molar-refractivity contribution in [3.8, 4) is 5.82 Å². The van der Waals surface area contributed by atoms with Gasteiger partial charge in [-0.3, -0.25) is 14.6 Å². The van der Waals surface area contributed by atoms with Crippen molar-refractivity contribution in [2.24, 2.45) is 5.92 Å². The second-order valence-electron chi connectivity index (χ2n) is 7.81. The minimum Gasteiger partial charge on any atom is -0.339 e. The lowest BCUT2D eigenvalue weighted by atomic mass is 9.96. The molecule has 1 amide bonds. The molecule has 4 aromatic rings. The van der Waals surface area contributed by atoms with Gasteiger partial charge in [0, 0.05) is 55.2 Å². The monoisotopic (exact) mass is 414 g/mol. The Morgan fingerprint density at radius 3 is 2.71 bits per heavy atom. The number of aromatic nitrogens is 5. The number of carbonyl (C=O) groups is 1. The second kappa shape index (κ2) is 8.14. The van der Waals surface area contributed by atoms with E-state index in [1.807, 2.05) is 41.3 Å². The van der Waals surface area contributed by atoms with Gasteiger partial charge in [-0.2, -0.15) is 5.10 Å². The number of fused-ring (bicyclic) bond motifs is 1. The normalized spacial score (nSPS) is 14.8. The van der Waals surface area contributed by atoms with Gasteiger partial charge in [0.05, 0.1) is 5.52 Å². The number of nitrogens with zero attached hydrogens (tertiary/aromatic N) is 6. The zero-order valence-corrected chi connectivity index (χ0v) is 17.0. The van der Waals surface area contributed by atoms with Crippen molar-refractivity contribution in [2.45, 2.75) is 19.4 Å². The van der Waals surface area contributed by atoms with Gasteiger partial charge in [0.1, 0.15) is 0 Å². The summed E-state index contributed by atoms with van der Waals surface area (Å²) in [5.41, 5.74) is 1.44. The number of piperidine rings is 1. The number of hydrogen-bond acceptors (Lipinski definition) is 5. The fourth-order valence-corrected chi connectivity index (χ4v) is 4.05. The average Bonchev–Trinajstić information content (AvgIpc) is 3.35. The molecular weight excluding hydrogens is 392 g/mol. The lowest BCUT2D eigenvalue weighted by Gasteiger charge is -2.32. The highest BCUT2D eigenvalue weighted by Crippen LogP contribution is 2.21. The summed E-state index contributed by atoms with van der Waals surface area (Å²) in [5.74, 6) is 0.950. The van der Waals surface area contributed by atoms with Crippen LogP contribution in [0.1, 0.15) is 23.2 Å². The van der Waals surface area contributed by atoms with Gasteiger partial charge in [-0.1, -0.05) is 6.07 Å². The van der Waals surface area contributed by atoms with E-state index in [4.69, 9.17) is 0 Å². The first-order valence-corrected chi connectivity index (χ1v) is 10.4. The molecule has 0 aliphatic carbocycles. The lowest BCUT2D eigenvalue weighted by molar-refractivity contribution is 0.0680. The van der Waals surface area contributed by atoms with Gasteiger partial charge in [0.15, 0.2) is 5.82 Å². The van der Waals surface area contributed by atoms with Gasteiger partial charge in [0.2, 0.25) is 0 Å². The van der Waals surface area contributed by atoms with E-state index in [2.05, 4.69) is 15.2 Å². The van der Waals surface area contributed by atoms with E-state index in [1.54, 1.807) is 29.3 Å². The van der Waals surface area contributed by atoms with Crippen LogP contribution in [0.15, 0.2) is 71.9 Å². The first kappa shape index (κ1) is 19.2. The van der Waals surface area contributed by atoms with E-state index in [0.29, 0.717) is 36.9 Å².